The Kier molecular flexibility index (Phi) is 5.08. The lowest BCUT2D eigenvalue weighted by atomic mass is 10.0. The maximum atomic E-state index is 5.69. The molecule has 2 aromatic rings. The Morgan fingerprint density at radius 3 is 2.29 bits per heavy atom. The lowest BCUT2D eigenvalue weighted by Crippen LogP contribution is -2.29. The summed E-state index contributed by atoms with van der Waals surface area (Å²) in [7, 11) is 4.77. The number of rotatable bonds is 7. The fourth-order valence-corrected chi connectivity index (χ4v) is 2.21. The average Bonchev–Trinajstić information content (AvgIpc) is 3.04. The fraction of sp³-hybridized carbons (Fsp3) is 0.333. The summed E-state index contributed by atoms with van der Waals surface area (Å²) in [5.41, 5.74) is 3.65. The molecule has 0 spiro atoms. The number of benzene rings is 1. The zero-order valence-corrected chi connectivity index (χ0v) is 12.4. The molecule has 6 nitrogen and oxygen atoms in total. The van der Waals surface area contributed by atoms with Crippen molar-refractivity contribution in [3.63, 3.8) is 0 Å². The van der Waals surface area contributed by atoms with Crippen molar-refractivity contribution in [1.29, 1.82) is 0 Å². The minimum atomic E-state index is -0.175. The standard InChI is InChI=1S/C15H20N2O4/c1-18-13-9-15(20-3)14(19-2)8-11(13)12(17-16)7-10-5-4-6-21-10/h4-6,8-9,12,17H,7,16H2,1-3H3. The van der Waals surface area contributed by atoms with Gasteiger partial charge >= 0.3 is 0 Å². The molecule has 1 aromatic heterocycles. The van der Waals surface area contributed by atoms with Crippen molar-refractivity contribution >= 4 is 0 Å². The van der Waals surface area contributed by atoms with Crippen molar-refractivity contribution in [3.8, 4) is 17.2 Å². The molecule has 21 heavy (non-hydrogen) atoms. The Morgan fingerprint density at radius 1 is 1.10 bits per heavy atom. The summed E-state index contributed by atoms with van der Waals surface area (Å²) in [4.78, 5) is 0. The largest absolute Gasteiger partial charge is 0.496 e. The molecule has 1 unspecified atom stereocenters. The van der Waals surface area contributed by atoms with E-state index >= 15 is 0 Å². The Hall–Kier alpha value is -2.18. The van der Waals surface area contributed by atoms with Crippen LogP contribution in [0.3, 0.4) is 0 Å². The number of nitrogens with one attached hydrogen (secondary N) is 1. The molecule has 3 N–H and O–H groups in total. The summed E-state index contributed by atoms with van der Waals surface area (Å²) < 4.78 is 21.4. The predicted molar refractivity (Wildman–Crippen MR) is 78.6 cm³/mol. The number of ether oxygens (including phenoxy) is 3. The van der Waals surface area contributed by atoms with Gasteiger partial charge in [-0.2, -0.15) is 0 Å². The summed E-state index contributed by atoms with van der Waals surface area (Å²) >= 11 is 0. The molecule has 0 saturated carbocycles. The van der Waals surface area contributed by atoms with Gasteiger partial charge in [0, 0.05) is 18.1 Å². The maximum absolute atomic E-state index is 5.69. The number of methoxy groups -OCH3 is 3. The van der Waals surface area contributed by atoms with Gasteiger partial charge in [-0.15, -0.1) is 0 Å². The Labute approximate surface area is 123 Å². The molecule has 2 rings (SSSR count). The van der Waals surface area contributed by atoms with Crippen molar-refractivity contribution in [2.24, 2.45) is 5.84 Å². The van der Waals surface area contributed by atoms with E-state index in [1.807, 2.05) is 18.2 Å². The fourth-order valence-electron chi connectivity index (χ4n) is 2.21. The lowest BCUT2D eigenvalue weighted by Gasteiger charge is -2.20. The summed E-state index contributed by atoms with van der Waals surface area (Å²) in [5, 5.41) is 0. The highest BCUT2D eigenvalue weighted by Crippen LogP contribution is 2.38. The van der Waals surface area contributed by atoms with Crippen LogP contribution in [0.25, 0.3) is 0 Å². The number of furan rings is 1. The van der Waals surface area contributed by atoms with Crippen molar-refractivity contribution in [2.45, 2.75) is 12.5 Å². The van der Waals surface area contributed by atoms with Gasteiger partial charge in [-0.1, -0.05) is 0 Å². The molecule has 0 aliphatic heterocycles. The van der Waals surface area contributed by atoms with Gasteiger partial charge in [-0.25, -0.2) is 0 Å². The van der Waals surface area contributed by atoms with E-state index in [2.05, 4.69) is 5.43 Å². The number of hydrogen-bond acceptors (Lipinski definition) is 6. The van der Waals surface area contributed by atoms with Gasteiger partial charge in [0.1, 0.15) is 11.5 Å². The second-order valence-corrected chi connectivity index (χ2v) is 4.45. The van der Waals surface area contributed by atoms with Gasteiger partial charge < -0.3 is 18.6 Å². The van der Waals surface area contributed by atoms with Crippen molar-refractivity contribution in [2.75, 3.05) is 21.3 Å². The van der Waals surface area contributed by atoms with Crippen LogP contribution >= 0.6 is 0 Å². The molecule has 0 amide bonds. The quantitative estimate of drug-likeness (QED) is 0.600. The molecule has 0 fully saturated rings. The van der Waals surface area contributed by atoms with E-state index in [1.54, 1.807) is 33.7 Å². The summed E-state index contributed by atoms with van der Waals surface area (Å²) in [6.07, 6.45) is 2.23. The van der Waals surface area contributed by atoms with Crippen LogP contribution in [-0.4, -0.2) is 21.3 Å². The highest BCUT2D eigenvalue weighted by atomic mass is 16.5. The molecule has 0 aliphatic carbocycles. The summed E-state index contributed by atoms with van der Waals surface area (Å²) in [6, 6.07) is 7.20. The summed E-state index contributed by atoms with van der Waals surface area (Å²) in [5.74, 6) is 8.41. The minimum Gasteiger partial charge on any atom is -0.496 e. The van der Waals surface area contributed by atoms with Gasteiger partial charge in [-0.05, 0) is 18.2 Å². The third-order valence-electron chi connectivity index (χ3n) is 3.30. The van der Waals surface area contributed by atoms with Crippen LogP contribution in [0.15, 0.2) is 34.9 Å². The van der Waals surface area contributed by atoms with E-state index in [1.165, 1.54) is 0 Å². The van der Waals surface area contributed by atoms with Crippen LogP contribution in [-0.2, 0) is 6.42 Å². The van der Waals surface area contributed by atoms with Crippen LogP contribution in [0.5, 0.6) is 17.2 Å². The first kappa shape index (κ1) is 15.2. The number of hydrogen-bond donors (Lipinski definition) is 2. The van der Waals surface area contributed by atoms with Gasteiger partial charge in [-0.3, -0.25) is 11.3 Å². The molecule has 0 radical (unpaired) electrons. The second-order valence-electron chi connectivity index (χ2n) is 4.45. The third-order valence-corrected chi connectivity index (χ3v) is 3.30. The molecule has 0 saturated heterocycles. The van der Waals surface area contributed by atoms with Gasteiger partial charge in [0.25, 0.3) is 0 Å². The molecule has 1 atom stereocenters. The molecule has 0 aliphatic rings. The Morgan fingerprint density at radius 2 is 1.76 bits per heavy atom. The van der Waals surface area contributed by atoms with E-state index in [0.29, 0.717) is 23.7 Å². The smallest absolute Gasteiger partial charge is 0.164 e. The van der Waals surface area contributed by atoms with E-state index in [0.717, 1.165) is 11.3 Å². The first-order valence-electron chi connectivity index (χ1n) is 6.51. The highest BCUT2D eigenvalue weighted by Gasteiger charge is 2.20. The first-order valence-corrected chi connectivity index (χ1v) is 6.51. The van der Waals surface area contributed by atoms with E-state index < -0.39 is 0 Å². The van der Waals surface area contributed by atoms with Crippen molar-refractivity contribution in [3.05, 3.63) is 41.9 Å². The van der Waals surface area contributed by atoms with Crippen molar-refractivity contribution in [1.82, 2.24) is 5.43 Å². The zero-order chi connectivity index (χ0) is 15.2. The monoisotopic (exact) mass is 292 g/mol. The molecular formula is C15H20N2O4. The van der Waals surface area contributed by atoms with Gasteiger partial charge in [0.15, 0.2) is 11.5 Å². The topological polar surface area (TPSA) is 78.9 Å². The minimum absolute atomic E-state index is 0.175. The van der Waals surface area contributed by atoms with Crippen LogP contribution in [0.1, 0.15) is 17.4 Å². The molecule has 1 heterocycles. The van der Waals surface area contributed by atoms with Gasteiger partial charge in [0.05, 0.1) is 33.6 Å². The number of nitrogens with two attached hydrogens (primary N) is 1. The molecular weight excluding hydrogens is 272 g/mol. The second kappa shape index (κ2) is 7.01. The van der Waals surface area contributed by atoms with E-state index in [9.17, 15) is 0 Å². The molecule has 6 heteroatoms. The molecule has 114 valence electrons. The zero-order valence-electron chi connectivity index (χ0n) is 12.4. The normalized spacial score (nSPS) is 12.0. The van der Waals surface area contributed by atoms with Crippen LogP contribution in [0, 0.1) is 0 Å². The van der Waals surface area contributed by atoms with Crippen LogP contribution in [0.4, 0.5) is 0 Å². The lowest BCUT2D eigenvalue weighted by molar-refractivity contribution is 0.344. The van der Waals surface area contributed by atoms with Crippen LogP contribution in [0.2, 0.25) is 0 Å². The SMILES string of the molecule is COc1cc(OC)c(C(Cc2ccco2)NN)cc1OC. The van der Waals surface area contributed by atoms with E-state index in [4.69, 9.17) is 24.5 Å². The Bertz CT molecular complexity index is 569. The first-order chi connectivity index (χ1) is 10.2. The maximum Gasteiger partial charge on any atom is 0.164 e. The van der Waals surface area contributed by atoms with Crippen molar-refractivity contribution < 1.29 is 18.6 Å². The highest BCUT2D eigenvalue weighted by molar-refractivity contribution is 5.52. The predicted octanol–water partition coefficient (Wildman–Crippen LogP) is 2.05. The van der Waals surface area contributed by atoms with Crippen LogP contribution < -0.4 is 25.5 Å². The number of hydrazine groups is 1. The van der Waals surface area contributed by atoms with Gasteiger partial charge in [0.2, 0.25) is 0 Å². The molecule has 1 aromatic carbocycles. The third kappa shape index (κ3) is 3.29. The van der Waals surface area contributed by atoms with E-state index in [-0.39, 0.29) is 6.04 Å². The average molecular weight is 292 g/mol. The summed E-state index contributed by atoms with van der Waals surface area (Å²) in [6.45, 7) is 0. The molecule has 0 bridgehead atoms. The Balaban J connectivity index is 2.39.